The highest BCUT2D eigenvalue weighted by Gasteiger charge is 2.25. The minimum absolute atomic E-state index is 0.0364. The van der Waals surface area contributed by atoms with Crippen LogP contribution in [0.4, 0.5) is 0 Å². The van der Waals surface area contributed by atoms with Gasteiger partial charge < -0.3 is 20.1 Å². The summed E-state index contributed by atoms with van der Waals surface area (Å²) in [5, 5.41) is 0. The summed E-state index contributed by atoms with van der Waals surface area (Å²) in [7, 11) is -4.39. The van der Waals surface area contributed by atoms with E-state index in [1.54, 1.807) is 0 Å². The monoisotopic (exact) mass is 693 g/mol. The lowest BCUT2D eigenvalue weighted by molar-refractivity contribution is -0.161. The van der Waals surface area contributed by atoms with E-state index in [4.69, 9.17) is 24.3 Å². The highest BCUT2D eigenvalue weighted by Crippen LogP contribution is 2.43. The van der Waals surface area contributed by atoms with Gasteiger partial charge in [0.25, 0.3) is 0 Å². The molecule has 48 heavy (non-hydrogen) atoms. The third-order valence-corrected chi connectivity index (χ3v) is 7.94. The number of carbonyl (C=O) groups excluding carboxylic acids is 2. The van der Waals surface area contributed by atoms with Crippen LogP contribution in [0.15, 0.2) is 72.9 Å². The first kappa shape index (κ1) is 45.5. The van der Waals surface area contributed by atoms with Crippen LogP contribution in [0.1, 0.15) is 123 Å². The highest BCUT2D eigenvalue weighted by molar-refractivity contribution is 7.47. The van der Waals surface area contributed by atoms with Crippen LogP contribution in [0.5, 0.6) is 0 Å². The molecule has 0 aromatic carbocycles. The fraction of sp³-hybridized carbons (Fsp3) is 0.632. The van der Waals surface area contributed by atoms with E-state index in [1.165, 1.54) is 44.9 Å². The van der Waals surface area contributed by atoms with Crippen LogP contribution in [-0.4, -0.2) is 49.3 Å². The predicted molar refractivity (Wildman–Crippen MR) is 196 cm³/mol. The molecule has 274 valence electrons. The van der Waals surface area contributed by atoms with Crippen molar-refractivity contribution in [2.45, 2.75) is 129 Å². The molecule has 0 aliphatic heterocycles. The Balaban J connectivity index is 4.42. The van der Waals surface area contributed by atoms with Gasteiger partial charge in [-0.1, -0.05) is 132 Å². The number of rotatable bonds is 32. The Bertz CT molecular complexity index is 1020. The molecule has 0 saturated carbocycles. The van der Waals surface area contributed by atoms with E-state index in [2.05, 4.69) is 32.1 Å². The number of carbonyl (C=O) groups is 2. The summed E-state index contributed by atoms with van der Waals surface area (Å²) in [4.78, 5) is 34.6. The molecule has 0 amide bonds. The summed E-state index contributed by atoms with van der Waals surface area (Å²) < 4.78 is 32.5. The zero-order valence-corrected chi connectivity index (χ0v) is 30.6. The third-order valence-electron chi connectivity index (χ3n) is 6.95. The van der Waals surface area contributed by atoms with Gasteiger partial charge in [-0.2, -0.15) is 0 Å². The molecule has 2 atom stereocenters. The molecule has 0 heterocycles. The summed E-state index contributed by atoms with van der Waals surface area (Å²) in [6, 6.07) is 0. The average molecular weight is 694 g/mol. The summed E-state index contributed by atoms with van der Waals surface area (Å²) in [5.41, 5.74) is 5.31. The fourth-order valence-corrected chi connectivity index (χ4v) is 5.07. The molecule has 0 rings (SSSR count). The van der Waals surface area contributed by atoms with Crippen molar-refractivity contribution in [2.24, 2.45) is 5.73 Å². The van der Waals surface area contributed by atoms with Crippen molar-refractivity contribution in [3.63, 3.8) is 0 Å². The number of ether oxygens (including phenoxy) is 2. The third kappa shape index (κ3) is 33.4. The van der Waals surface area contributed by atoms with Crippen molar-refractivity contribution in [3.8, 4) is 0 Å². The van der Waals surface area contributed by atoms with Gasteiger partial charge >= 0.3 is 19.8 Å². The summed E-state index contributed by atoms with van der Waals surface area (Å²) in [6.07, 6.45) is 39.5. The number of nitrogens with two attached hydrogens (primary N) is 1. The number of phosphoric ester groups is 1. The molecular formula is C38H64NO8P. The molecular weight excluding hydrogens is 629 g/mol. The first-order valence-corrected chi connectivity index (χ1v) is 19.5. The first-order valence-electron chi connectivity index (χ1n) is 18.0. The van der Waals surface area contributed by atoms with Gasteiger partial charge in [0.05, 0.1) is 13.2 Å². The number of esters is 2. The maximum Gasteiger partial charge on any atom is 0.472 e. The Morgan fingerprint density at radius 3 is 1.81 bits per heavy atom. The maximum atomic E-state index is 12.5. The minimum atomic E-state index is -4.39. The van der Waals surface area contributed by atoms with Crippen molar-refractivity contribution in [3.05, 3.63) is 72.9 Å². The van der Waals surface area contributed by atoms with Crippen molar-refractivity contribution in [1.82, 2.24) is 0 Å². The standard InChI is InChI=1S/C38H64NO8P/c1-3-5-7-9-11-13-15-17-19-20-22-24-26-28-30-37(40)44-34-36(35-46-48(42,43)45-33-32-39)47-38(41)31-29-27-25-23-21-18-16-14-12-10-8-6-4-2/h6,8,10,12,14,16,18-21,23,25,36H,3-5,7,9,11,13,15,17,22,24,26-35,39H2,1-2H3,(H,42,43)/b8-6+,12-10+,16-14+,20-19+,21-18+,25-23+. The molecule has 0 bridgehead atoms. The summed E-state index contributed by atoms with van der Waals surface area (Å²) in [6.45, 7) is 3.44. The van der Waals surface area contributed by atoms with Crippen LogP contribution in [0, 0.1) is 0 Å². The van der Waals surface area contributed by atoms with Crippen LogP contribution in [0.2, 0.25) is 0 Å². The Kier molecular flexibility index (Phi) is 32.5. The van der Waals surface area contributed by atoms with E-state index >= 15 is 0 Å². The minimum Gasteiger partial charge on any atom is -0.462 e. The molecule has 2 unspecified atom stereocenters. The van der Waals surface area contributed by atoms with Gasteiger partial charge in [0, 0.05) is 19.4 Å². The quantitative estimate of drug-likeness (QED) is 0.0232. The average Bonchev–Trinajstić information content (AvgIpc) is 3.07. The second kappa shape index (κ2) is 34.3. The van der Waals surface area contributed by atoms with E-state index < -0.39 is 32.5 Å². The van der Waals surface area contributed by atoms with Gasteiger partial charge in [0.2, 0.25) is 0 Å². The number of hydrogen-bond donors (Lipinski definition) is 2. The molecule has 0 saturated heterocycles. The van der Waals surface area contributed by atoms with Gasteiger partial charge in [0.15, 0.2) is 6.10 Å². The first-order chi connectivity index (χ1) is 23.3. The highest BCUT2D eigenvalue weighted by atomic mass is 31.2. The Labute approximate surface area is 291 Å². The van der Waals surface area contributed by atoms with Crippen molar-refractivity contribution >= 4 is 19.8 Å². The van der Waals surface area contributed by atoms with E-state index in [0.29, 0.717) is 19.3 Å². The topological polar surface area (TPSA) is 134 Å². The number of phosphoric acid groups is 1. The van der Waals surface area contributed by atoms with Crippen LogP contribution in [-0.2, 0) is 32.7 Å². The SMILES string of the molecule is CC/C=C/C=C/C=C/C=C/C=C/CCCC(=O)OC(COC(=O)CCCCC/C=C/CCCCCCCCC)COP(=O)(O)OCCN. The van der Waals surface area contributed by atoms with Gasteiger partial charge in [-0.05, 0) is 51.4 Å². The Morgan fingerprint density at radius 1 is 0.646 bits per heavy atom. The largest absolute Gasteiger partial charge is 0.472 e. The van der Waals surface area contributed by atoms with Gasteiger partial charge in [0.1, 0.15) is 6.61 Å². The van der Waals surface area contributed by atoms with Crippen LogP contribution in [0.3, 0.4) is 0 Å². The smallest absolute Gasteiger partial charge is 0.462 e. The lowest BCUT2D eigenvalue weighted by Gasteiger charge is -2.19. The fourth-order valence-electron chi connectivity index (χ4n) is 4.30. The van der Waals surface area contributed by atoms with Crippen molar-refractivity contribution < 1.29 is 37.6 Å². The van der Waals surface area contributed by atoms with Crippen molar-refractivity contribution in [2.75, 3.05) is 26.4 Å². The van der Waals surface area contributed by atoms with E-state index in [0.717, 1.165) is 32.1 Å². The van der Waals surface area contributed by atoms with E-state index in [9.17, 15) is 19.0 Å². The second-order valence-corrected chi connectivity index (χ2v) is 12.9. The van der Waals surface area contributed by atoms with Gasteiger partial charge in [-0.15, -0.1) is 0 Å². The van der Waals surface area contributed by atoms with Crippen LogP contribution < -0.4 is 5.73 Å². The molecule has 0 aliphatic rings. The summed E-state index contributed by atoms with van der Waals surface area (Å²) >= 11 is 0. The number of hydrogen-bond acceptors (Lipinski definition) is 8. The van der Waals surface area contributed by atoms with Crippen molar-refractivity contribution in [1.29, 1.82) is 0 Å². The molecule has 0 aliphatic carbocycles. The lowest BCUT2D eigenvalue weighted by Crippen LogP contribution is -2.29. The number of allylic oxidation sites excluding steroid dienone is 12. The molecule has 0 aromatic rings. The molecule has 0 radical (unpaired) electrons. The zero-order chi connectivity index (χ0) is 35.4. The molecule has 0 fully saturated rings. The Hall–Kier alpha value is -2.55. The van der Waals surface area contributed by atoms with E-state index in [-0.39, 0.29) is 32.6 Å². The molecule has 0 spiro atoms. The van der Waals surface area contributed by atoms with E-state index in [1.807, 2.05) is 54.7 Å². The second-order valence-electron chi connectivity index (χ2n) is 11.5. The van der Waals surface area contributed by atoms with Crippen LogP contribution in [0.25, 0.3) is 0 Å². The molecule has 3 N–H and O–H groups in total. The maximum absolute atomic E-state index is 12.5. The molecule has 9 nitrogen and oxygen atoms in total. The summed E-state index contributed by atoms with van der Waals surface area (Å²) in [5.74, 6) is -0.944. The normalized spacial score (nSPS) is 14.3. The van der Waals surface area contributed by atoms with Gasteiger partial charge in [-0.25, -0.2) is 4.57 Å². The molecule has 0 aromatic heterocycles. The van der Waals surface area contributed by atoms with Crippen LogP contribution >= 0.6 is 7.82 Å². The lowest BCUT2D eigenvalue weighted by atomic mass is 10.1. The Morgan fingerprint density at radius 2 is 1.19 bits per heavy atom. The molecule has 10 heteroatoms. The van der Waals surface area contributed by atoms with Gasteiger partial charge in [-0.3, -0.25) is 18.6 Å². The zero-order valence-electron chi connectivity index (χ0n) is 29.7. The number of unbranched alkanes of at least 4 members (excludes halogenated alkanes) is 11. The predicted octanol–water partition coefficient (Wildman–Crippen LogP) is 9.54.